The van der Waals surface area contributed by atoms with E-state index in [2.05, 4.69) is 10.6 Å². The maximum atomic E-state index is 11.8. The van der Waals surface area contributed by atoms with Crippen molar-refractivity contribution in [3.05, 3.63) is 16.3 Å². The van der Waals surface area contributed by atoms with Gasteiger partial charge in [0, 0.05) is 17.4 Å². The summed E-state index contributed by atoms with van der Waals surface area (Å²) in [5, 5.41) is 8.48. The van der Waals surface area contributed by atoms with Crippen LogP contribution in [0.3, 0.4) is 0 Å². The molecule has 1 aliphatic heterocycles. The van der Waals surface area contributed by atoms with Gasteiger partial charge in [-0.25, -0.2) is 0 Å². The zero-order valence-electron chi connectivity index (χ0n) is 10.4. The fourth-order valence-electron chi connectivity index (χ4n) is 1.87. The summed E-state index contributed by atoms with van der Waals surface area (Å²) in [6.45, 7) is 0. The number of thiophene rings is 1. The Kier molecular flexibility index (Phi) is 4.16. The quantitative estimate of drug-likeness (QED) is 0.774. The summed E-state index contributed by atoms with van der Waals surface area (Å²) in [5.41, 5.74) is 0.789. The fourth-order valence-corrected chi connectivity index (χ4v) is 2.67. The van der Waals surface area contributed by atoms with E-state index in [-0.39, 0.29) is 24.7 Å². The van der Waals surface area contributed by atoms with E-state index in [0.717, 1.165) is 5.56 Å². The van der Waals surface area contributed by atoms with Gasteiger partial charge in [0.05, 0.1) is 13.5 Å². The summed E-state index contributed by atoms with van der Waals surface area (Å²) in [7, 11) is 1.55. The number of nitrogens with one attached hydrogen (secondary N) is 2. The molecule has 0 radical (unpaired) electrons. The van der Waals surface area contributed by atoms with Crippen molar-refractivity contribution in [2.75, 3.05) is 7.11 Å². The maximum absolute atomic E-state index is 11.8. The monoisotopic (exact) mass is 282 g/mol. The highest BCUT2D eigenvalue weighted by Crippen LogP contribution is 2.23. The number of rotatable bonds is 4. The van der Waals surface area contributed by atoms with Gasteiger partial charge in [-0.1, -0.05) is 0 Å². The Morgan fingerprint density at radius 3 is 3.00 bits per heavy atom. The van der Waals surface area contributed by atoms with Crippen LogP contribution in [0.25, 0.3) is 0 Å². The molecule has 7 heteroatoms. The molecule has 1 atom stereocenters. The van der Waals surface area contributed by atoms with Gasteiger partial charge in [0.2, 0.25) is 17.7 Å². The molecule has 6 nitrogen and oxygen atoms in total. The molecule has 1 aliphatic rings. The molecule has 0 bridgehead atoms. The largest absolute Gasteiger partial charge is 0.496 e. The first-order valence-corrected chi connectivity index (χ1v) is 6.76. The van der Waals surface area contributed by atoms with Crippen LogP contribution in [0, 0.1) is 0 Å². The first-order chi connectivity index (χ1) is 9.10. The number of carbonyl (C=O) groups excluding carboxylic acids is 3. The highest BCUT2D eigenvalue weighted by molar-refractivity contribution is 7.08. The number of imide groups is 1. The van der Waals surface area contributed by atoms with Crippen molar-refractivity contribution in [1.29, 1.82) is 0 Å². The van der Waals surface area contributed by atoms with Crippen LogP contribution in [-0.4, -0.2) is 30.9 Å². The lowest BCUT2D eigenvalue weighted by molar-refractivity contribution is -0.137. The summed E-state index contributed by atoms with van der Waals surface area (Å²) in [6, 6.07) is -0.630. The second kappa shape index (κ2) is 5.83. The van der Waals surface area contributed by atoms with E-state index in [0.29, 0.717) is 12.2 Å². The summed E-state index contributed by atoms with van der Waals surface area (Å²) in [4.78, 5) is 34.3. The van der Waals surface area contributed by atoms with Crippen LogP contribution in [0.4, 0.5) is 0 Å². The molecule has 2 rings (SSSR count). The SMILES string of the molecule is COc1cscc1CC(=O)N[C@H]1CCC(=O)NC1=O. The highest BCUT2D eigenvalue weighted by atomic mass is 32.1. The molecule has 0 aliphatic carbocycles. The molecule has 2 heterocycles. The number of methoxy groups -OCH3 is 1. The van der Waals surface area contributed by atoms with Crippen molar-refractivity contribution in [3.63, 3.8) is 0 Å². The lowest BCUT2D eigenvalue weighted by Gasteiger charge is -2.21. The standard InChI is InChI=1S/C12H14N2O4S/c1-18-9-6-19-5-7(9)4-11(16)13-8-2-3-10(15)14-12(8)17/h5-6,8H,2-4H2,1H3,(H,13,16)(H,14,15,17)/t8-/m0/s1. The third-order valence-electron chi connectivity index (χ3n) is 2.85. The Hall–Kier alpha value is -1.89. The normalized spacial score (nSPS) is 18.9. The smallest absolute Gasteiger partial charge is 0.249 e. The van der Waals surface area contributed by atoms with Crippen molar-refractivity contribution in [2.45, 2.75) is 25.3 Å². The molecule has 1 aromatic rings. The van der Waals surface area contributed by atoms with Crippen LogP contribution < -0.4 is 15.4 Å². The molecule has 3 amide bonds. The van der Waals surface area contributed by atoms with E-state index in [1.165, 1.54) is 11.3 Å². The minimum Gasteiger partial charge on any atom is -0.496 e. The number of hydrogen-bond acceptors (Lipinski definition) is 5. The van der Waals surface area contributed by atoms with Crippen LogP contribution in [0.5, 0.6) is 5.75 Å². The summed E-state index contributed by atoms with van der Waals surface area (Å²) in [6.07, 6.45) is 0.750. The van der Waals surface area contributed by atoms with Crippen LogP contribution in [0.1, 0.15) is 18.4 Å². The number of carbonyl (C=O) groups is 3. The van der Waals surface area contributed by atoms with Gasteiger partial charge < -0.3 is 10.1 Å². The summed E-state index contributed by atoms with van der Waals surface area (Å²) in [5.74, 6) is -0.327. The fraction of sp³-hybridized carbons (Fsp3) is 0.417. The van der Waals surface area contributed by atoms with Crippen molar-refractivity contribution < 1.29 is 19.1 Å². The zero-order chi connectivity index (χ0) is 13.8. The third kappa shape index (κ3) is 3.31. The molecule has 1 aromatic heterocycles. The van der Waals surface area contributed by atoms with E-state index in [1.807, 2.05) is 10.8 Å². The predicted octanol–water partition coefficient (Wildman–Crippen LogP) is 0.221. The van der Waals surface area contributed by atoms with Gasteiger partial charge in [-0.3, -0.25) is 19.7 Å². The Bertz CT molecular complexity index is 512. The lowest BCUT2D eigenvalue weighted by atomic mass is 10.1. The van der Waals surface area contributed by atoms with Gasteiger partial charge in [-0.15, -0.1) is 11.3 Å². The number of amides is 3. The molecule has 0 spiro atoms. The van der Waals surface area contributed by atoms with Gasteiger partial charge in [0.15, 0.2) is 0 Å². The zero-order valence-corrected chi connectivity index (χ0v) is 11.2. The topological polar surface area (TPSA) is 84.5 Å². The Morgan fingerprint density at radius 2 is 2.32 bits per heavy atom. The molecule has 0 aromatic carbocycles. The average Bonchev–Trinajstić information content (AvgIpc) is 2.80. The van der Waals surface area contributed by atoms with Gasteiger partial charge in [-0.05, 0) is 11.8 Å². The molecule has 102 valence electrons. The first-order valence-electron chi connectivity index (χ1n) is 5.82. The minimum atomic E-state index is -0.630. The molecular formula is C12H14N2O4S. The Labute approximate surface area is 114 Å². The number of piperidine rings is 1. The highest BCUT2D eigenvalue weighted by Gasteiger charge is 2.27. The predicted molar refractivity (Wildman–Crippen MR) is 68.9 cm³/mol. The van der Waals surface area contributed by atoms with Crippen LogP contribution >= 0.6 is 11.3 Å². The maximum Gasteiger partial charge on any atom is 0.249 e. The minimum absolute atomic E-state index is 0.157. The molecule has 0 saturated carbocycles. The molecule has 1 saturated heterocycles. The summed E-state index contributed by atoms with van der Waals surface area (Å²) >= 11 is 1.45. The molecule has 0 unspecified atom stereocenters. The van der Waals surface area contributed by atoms with Crippen molar-refractivity contribution >= 4 is 29.1 Å². The Morgan fingerprint density at radius 1 is 1.53 bits per heavy atom. The van der Waals surface area contributed by atoms with Gasteiger partial charge in [0.1, 0.15) is 11.8 Å². The van der Waals surface area contributed by atoms with Crippen LogP contribution in [-0.2, 0) is 20.8 Å². The molecular weight excluding hydrogens is 268 g/mol. The van der Waals surface area contributed by atoms with E-state index < -0.39 is 11.9 Å². The molecule has 1 fully saturated rings. The van der Waals surface area contributed by atoms with Crippen molar-refractivity contribution in [2.24, 2.45) is 0 Å². The average molecular weight is 282 g/mol. The second-order valence-corrected chi connectivity index (χ2v) is 4.96. The lowest BCUT2D eigenvalue weighted by Crippen LogP contribution is -2.52. The molecule has 2 N–H and O–H groups in total. The van der Waals surface area contributed by atoms with Gasteiger partial charge in [0.25, 0.3) is 0 Å². The van der Waals surface area contributed by atoms with E-state index in [9.17, 15) is 14.4 Å². The van der Waals surface area contributed by atoms with Gasteiger partial charge >= 0.3 is 0 Å². The van der Waals surface area contributed by atoms with E-state index >= 15 is 0 Å². The number of hydrogen-bond donors (Lipinski definition) is 2. The van der Waals surface area contributed by atoms with E-state index in [4.69, 9.17) is 4.74 Å². The van der Waals surface area contributed by atoms with Gasteiger partial charge in [-0.2, -0.15) is 0 Å². The van der Waals surface area contributed by atoms with Crippen LogP contribution in [0.2, 0.25) is 0 Å². The van der Waals surface area contributed by atoms with Crippen molar-refractivity contribution in [3.8, 4) is 5.75 Å². The molecule has 19 heavy (non-hydrogen) atoms. The first kappa shape index (κ1) is 13.5. The number of ether oxygens (including phenoxy) is 1. The van der Waals surface area contributed by atoms with Crippen molar-refractivity contribution in [1.82, 2.24) is 10.6 Å². The van der Waals surface area contributed by atoms with Crippen LogP contribution in [0.15, 0.2) is 10.8 Å². The summed E-state index contributed by atoms with van der Waals surface area (Å²) < 4.78 is 5.12. The Balaban J connectivity index is 1.91. The second-order valence-electron chi connectivity index (χ2n) is 4.21. The third-order valence-corrected chi connectivity index (χ3v) is 3.62. The van der Waals surface area contributed by atoms with E-state index in [1.54, 1.807) is 7.11 Å².